The van der Waals surface area contributed by atoms with Crippen LogP contribution in [0.25, 0.3) is 0 Å². The molecule has 0 unspecified atom stereocenters. The maximum Gasteiger partial charge on any atom is 0.0302 e. The van der Waals surface area contributed by atoms with Crippen molar-refractivity contribution in [1.29, 1.82) is 0 Å². The molecule has 0 fully saturated rings. The molecule has 1 nitrogen and oxygen atoms in total. The highest BCUT2D eigenvalue weighted by Gasteiger charge is 1.97. The Balaban J connectivity index is 2.83. The molecule has 1 aromatic rings. The Morgan fingerprint density at radius 1 is 1.27 bits per heavy atom. The Morgan fingerprint density at radius 3 is 2.73 bits per heavy atom. The van der Waals surface area contributed by atoms with Crippen molar-refractivity contribution in [3.8, 4) is 0 Å². The van der Waals surface area contributed by atoms with Crippen LogP contribution in [-0.4, -0.2) is 4.98 Å². The highest BCUT2D eigenvalue weighted by atomic mass is 14.6. The molecule has 0 N–H and O–H groups in total. The summed E-state index contributed by atoms with van der Waals surface area (Å²) < 4.78 is 0. The van der Waals surface area contributed by atoms with E-state index in [1.165, 1.54) is 17.5 Å². The lowest BCUT2D eigenvalue weighted by Gasteiger charge is -2.03. The van der Waals surface area contributed by atoms with E-state index < -0.39 is 0 Å². The molecule has 0 saturated heterocycles. The molecule has 0 spiro atoms. The predicted octanol–water partition coefficient (Wildman–Crippen LogP) is 2.60. The minimum Gasteiger partial charge on any atom is -0.264 e. The van der Waals surface area contributed by atoms with Crippen LogP contribution in [0.15, 0.2) is 18.5 Å². The van der Waals surface area contributed by atoms with Crippen molar-refractivity contribution in [2.75, 3.05) is 0 Å². The number of aryl methyl sites for hydroxylation is 2. The number of pyridine rings is 1. The molecule has 1 rings (SSSR count). The van der Waals surface area contributed by atoms with E-state index in [4.69, 9.17) is 0 Å². The summed E-state index contributed by atoms with van der Waals surface area (Å²) in [5.74, 6) is 0. The molecule has 60 valence electrons. The van der Waals surface area contributed by atoms with Crippen molar-refractivity contribution >= 4 is 0 Å². The van der Waals surface area contributed by atoms with Crippen LogP contribution in [0.5, 0.6) is 0 Å². The third-order valence-corrected chi connectivity index (χ3v) is 1.90. The van der Waals surface area contributed by atoms with Crippen LogP contribution < -0.4 is 0 Å². The zero-order chi connectivity index (χ0) is 8.10. The second-order valence-corrected chi connectivity index (χ2v) is 2.75. The number of rotatable bonds is 3. The highest BCUT2D eigenvalue weighted by molar-refractivity contribution is 5.22. The van der Waals surface area contributed by atoms with E-state index in [2.05, 4.69) is 24.9 Å². The van der Waals surface area contributed by atoms with E-state index in [-0.39, 0.29) is 0 Å². The zero-order valence-corrected chi connectivity index (χ0v) is 7.30. The van der Waals surface area contributed by atoms with Crippen molar-refractivity contribution in [2.45, 2.75) is 33.1 Å². The zero-order valence-electron chi connectivity index (χ0n) is 7.30. The van der Waals surface area contributed by atoms with Crippen LogP contribution in [0.4, 0.5) is 0 Å². The molecule has 0 bridgehead atoms. The van der Waals surface area contributed by atoms with Crippen molar-refractivity contribution in [2.24, 2.45) is 0 Å². The molecule has 0 radical (unpaired) electrons. The third kappa shape index (κ3) is 2.04. The minimum absolute atomic E-state index is 1.12. The normalized spacial score (nSPS) is 10.0. The molecule has 0 aliphatic rings. The number of hydrogen-bond donors (Lipinski definition) is 0. The first kappa shape index (κ1) is 8.25. The molecule has 0 amide bonds. The van der Waals surface area contributed by atoms with E-state index in [0.29, 0.717) is 0 Å². The summed E-state index contributed by atoms with van der Waals surface area (Å²) in [6.07, 6.45) is 7.36. The molecule has 0 atom stereocenters. The van der Waals surface area contributed by atoms with Gasteiger partial charge in [0.25, 0.3) is 0 Å². The second kappa shape index (κ2) is 4.12. The van der Waals surface area contributed by atoms with Gasteiger partial charge in [0.1, 0.15) is 0 Å². The fraction of sp³-hybridized carbons (Fsp3) is 0.500. The predicted molar refractivity (Wildman–Crippen MR) is 47.6 cm³/mol. The monoisotopic (exact) mass is 149 g/mol. The van der Waals surface area contributed by atoms with Gasteiger partial charge < -0.3 is 0 Å². The number of aromatic nitrogens is 1. The van der Waals surface area contributed by atoms with Crippen LogP contribution in [0.1, 0.15) is 31.4 Å². The Kier molecular flexibility index (Phi) is 3.09. The first-order chi connectivity index (χ1) is 5.38. The number of hydrogen-bond acceptors (Lipinski definition) is 1. The average molecular weight is 149 g/mol. The Bertz CT molecular complexity index is 218. The average Bonchev–Trinajstić information content (AvgIpc) is 2.06. The van der Waals surface area contributed by atoms with Gasteiger partial charge in [-0.05, 0) is 30.0 Å². The smallest absolute Gasteiger partial charge is 0.0302 e. The molecule has 1 aromatic heterocycles. The fourth-order valence-electron chi connectivity index (χ4n) is 1.30. The summed E-state index contributed by atoms with van der Waals surface area (Å²) in [6, 6.07) is 2.12. The molecule has 0 aromatic carbocycles. The maximum absolute atomic E-state index is 4.11. The van der Waals surface area contributed by atoms with Gasteiger partial charge in [0.15, 0.2) is 0 Å². The highest BCUT2D eigenvalue weighted by Crippen LogP contribution is 2.09. The summed E-state index contributed by atoms with van der Waals surface area (Å²) in [5, 5.41) is 0. The topological polar surface area (TPSA) is 12.9 Å². The van der Waals surface area contributed by atoms with E-state index in [1.807, 2.05) is 12.4 Å². The molecule has 0 aliphatic carbocycles. The quantitative estimate of drug-likeness (QED) is 0.643. The van der Waals surface area contributed by atoms with Crippen LogP contribution in [0.2, 0.25) is 0 Å². The van der Waals surface area contributed by atoms with Gasteiger partial charge >= 0.3 is 0 Å². The van der Waals surface area contributed by atoms with Crippen LogP contribution in [-0.2, 0) is 12.8 Å². The lowest BCUT2D eigenvalue weighted by atomic mass is 10.0. The minimum atomic E-state index is 1.12. The van der Waals surface area contributed by atoms with Crippen molar-refractivity contribution in [3.05, 3.63) is 29.6 Å². The lowest BCUT2D eigenvalue weighted by molar-refractivity contribution is 0.889. The van der Waals surface area contributed by atoms with Gasteiger partial charge in [-0.3, -0.25) is 4.98 Å². The lowest BCUT2D eigenvalue weighted by Crippen LogP contribution is -1.92. The Morgan fingerprint density at radius 2 is 2.09 bits per heavy atom. The molecule has 1 heteroatoms. The van der Waals surface area contributed by atoms with Crippen molar-refractivity contribution in [3.63, 3.8) is 0 Å². The first-order valence-corrected chi connectivity index (χ1v) is 4.30. The van der Waals surface area contributed by atoms with Gasteiger partial charge in [-0.1, -0.05) is 20.3 Å². The summed E-state index contributed by atoms with van der Waals surface area (Å²) in [6.45, 7) is 4.39. The summed E-state index contributed by atoms with van der Waals surface area (Å²) in [4.78, 5) is 4.11. The van der Waals surface area contributed by atoms with E-state index in [1.54, 1.807) is 0 Å². The maximum atomic E-state index is 4.11. The summed E-state index contributed by atoms with van der Waals surface area (Å²) in [7, 11) is 0. The first-order valence-electron chi connectivity index (χ1n) is 4.30. The van der Waals surface area contributed by atoms with Crippen LogP contribution in [0.3, 0.4) is 0 Å². The van der Waals surface area contributed by atoms with Crippen molar-refractivity contribution in [1.82, 2.24) is 4.98 Å². The Labute approximate surface area is 68.5 Å². The van der Waals surface area contributed by atoms with Gasteiger partial charge in [0.05, 0.1) is 0 Å². The largest absolute Gasteiger partial charge is 0.264 e. The van der Waals surface area contributed by atoms with E-state index in [0.717, 1.165) is 12.8 Å². The molecule has 0 saturated carbocycles. The van der Waals surface area contributed by atoms with Crippen LogP contribution in [0, 0.1) is 0 Å². The van der Waals surface area contributed by atoms with Gasteiger partial charge in [-0.15, -0.1) is 0 Å². The van der Waals surface area contributed by atoms with Gasteiger partial charge in [0, 0.05) is 12.4 Å². The van der Waals surface area contributed by atoms with Crippen molar-refractivity contribution < 1.29 is 0 Å². The molecule has 0 aliphatic heterocycles. The molecular formula is C10H15N. The fourth-order valence-corrected chi connectivity index (χ4v) is 1.30. The van der Waals surface area contributed by atoms with Gasteiger partial charge in [0.2, 0.25) is 0 Å². The van der Waals surface area contributed by atoms with E-state index in [9.17, 15) is 0 Å². The number of nitrogens with zero attached hydrogens (tertiary/aromatic N) is 1. The van der Waals surface area contributed by atoms with Gasteiger partial charge in [-0.2, -0.15) is 0 Å². The Hall–Kier alpha value is -0.850. The molecular weight excluding hydrogens is 134 g/mol. The molecule has 1 heterocycles. The van der Waals surface area contributed by atoms with Gasteiger partial charge in [-0.25, -0.2) is 0 Å². The summed E-state index contributed by atoms with van der Waals surface area (Å²) >= 11 is 0. The second-order valence-electron chi connectivity index (χ2n) is 2.75. The van der Waals surface area contributed by atoms with Crippen LogP contribution >= 0.6 is 0 Å². The third-order valence-electron chi connectivity index (χ3n) is 1.90. The van der Waals surface area contributed by atoms with E-state index >= 15 is 0 Å². The standard InChI is InChI=1S/C10H15N/c1-3-5-10-8-11-7-6-9(10)4-2/h6-8H,3-5H2,1-2H3. The molecule has 11 heavy (non-hydrogen) atoms. The SMILES string of the molecule is CCCc1cnccc1CC. The summed E-state index contributed by atoms with van der Waals surface area (Å²) in [5.41, 5.74) is 2.86.